The number of nitrogens with two attached hydrogens (primary N) is 1. The van der Waals surface area contributed by atoms with Gasteiger partial charge in [0.2, 0.25) is 5.91 Å². The van der Waals surface area contributed by atoms with Crippen molar-refractivity contribution in [1.82, 2.24) is 4.90 Å². The number of nitrogens with zero attached hydrogens (tertiary/aromatic N) is 2. The van der Waals surface area contributed by atoms with Gasteiger partial charge in [0.15, 0.2) is 5.84 Å². The second-order valence-corrected chi connectivity index (χ2v) is 5.23. The summed E-state index contributed by atoms with van der Waals surface area (Å²) in [7, 11) is 1.78. The van der Waals surface area contributed by atoms with Gasteiger partial charge in [-0.3, -0.25) is 4.79 Å². The first-order valence-electron chi connectivity index (χ1n) is 6.82. The van der Waals surface area contributed by atoms with Crippen LogP contribution in [0.25, 0.3) is 0 Å². The van der Waals surface area contributed by atoms with Gasteiger partial charge in [-0.25, -0.2) is 0 Å². The van der Waals surface area contributed by atoms with Crippen molar-refractivity contribution < 1.29 is 14.7 Å². The van der Waals surface area contributed by atoms with Gasteiger partial charge in [-0.2, -0.15) is 0 Å². The Hall–Kier alpha value is -1.30. The van der Waals surface area contributed by atoms with Crippen LogP contribution in [-0.4, -0.2) is 48.2 Å². The van der Waals surface area contributed by atoms with Crippen LogP contribution in [0.1, 0.15) is 39.5 Å². The molecular formula is C13H25N3O3. The standard InChI is InChI=1S/C13H25N3O3/c1-4-5-10(2)16(3)12(17)13(11(14)15-18)6-8-19-9-7-13/h10,18H,4-9H2,1-3H3,(H2,14,15). The minimum absolute atomic E-state index is 0.00338. The molecular weight excluding hydrogens is 246 g/mol. The van der Waals surface area contributed by atoms with Gasteiger partial charge < -0.3 is 20.6 Å². The highest BCUT2D eigenvalue weighted by molar-refractivity contribution is 6.06. The maximum absolute atomic E-state index is 12.7. The molecule has 6 nitrogen and oxygen atoms in total. The molecule has 1 saturated heterocycles. The van der Waals surface area contributed by atoms with E-state index in [2.05, 4.69) is 12.1 Å². The van der Waals surface area contributed by atoms with Crippen LogP contribution in [0.3, 0.4) is 0 Å². The molecule has 1 aliphatic rings. The van der Waals surface area contributed by atoms with E-state index in [-0.39, 0.29) is 17.8 Å². The monoisotopic (exact) mass is 271 g/mol. The molecule has 1 amide bonds. The summed E-state index contributed by atoms with van der Waals surface area (Å²) >= 11 is 0. The maximum Gasteiger partial charge on any atom is 0.236 e. The Balaban J connectivity index is 2.95. The first-order valence-corrected chi connectivity index (χ1v) is 6.82. The van der Waals surface area contributed by atoms with Crippen LogP contribution in [-0.2, 0) is 9.53 Å². The predicted molar refractivity (Wildman–Crippen MR) is 73.0 cm³/mol. The summed E-state index contributed by atoms with van der Waals surface area (Å²) in [6, 6.07) is 0.142. The minimum Gasteiger partial charge on any atom is -0.409 e. The third-order valence-corrected chi connectivity index (χ3v) is 4.04. The number of ether oxygens (including phenoxy) is 1. The molecule has 0 aromatic rings. The summed E-state index contributed by atoms with van der Waals surface area (Å²) in [5.74, 6) is -0.0802. The van der Waals surface area contributed by atoms with Crippen molar-refractivity contribution in [2.24, 2.45) is 16.3 Å². The topological polar surface area (TPSA) is 88.2 Å². The smallest absolute Gasteiger partial charge is 0.236 e. The molecule has 19 heavy (non-hydrogen) atoms. The predicted octanol–water partition coefficient (Wildman–Crippen LogP) is 1.18. The minimum atomic E-state index is -0.913. The molecule has 6 heteroatoms. The summed E-state index contributed by atoms with van der Waals surface area (Å²) in [6.07, 6.45) is 2.87. The normalized spacial score (nSPS) is 20.9. The highest BCUT2D eigenvalue weighted by atomic mass is 16.5. The fourth-order valence-electron chi connectivity index (χ4n) is 2.54. The summed E-state index contributed by atoms with van der Waals surface area (Å²) in [6.45, 7) is 5.01. The lowest BCUT2D eigenvalue weighted by molar-refractivity contribution is -0.143. The SMILES string of the molecule is CCCC(C)N(C)C(=O)C1(C(N)=NO)CCOCC1. The van der Waals surface area contributed by atoms with E-state index in [1.807, 2.05) is 6.92 Å². The maximum atomic E-state index is 12.7. The molecule has 0 spiro atoms. The molecule has 3 N–H and O–H groups in total. The second kappa shape index (κ2) is 6.75. The molecule has 0 aliphatic carbocycles. The van der Waals surface area contributed by atoms with Gasteiger partial charge >= 0.3 is 0 Å². The van der Waals surface area contributed by atoms with Crippen molar-refractivity contribution in [3.8, 4) is 0 Å². The molecule has 1 fully saturated rings. The lowest BCUT2D eigenvalue weighted by Gasteiger charge is -2.39. The van der Waals surface area contributed by atoms with Gasteiger partial charge in [0.25, 0.3) is 0 Å². The van der Waals surface area contributed by atoms with E-state index in [4.69, 9.17) is 15.7 Å². The third-order valence-electron chi connectivity index (χ3n) is 4.04. The number of oxime groups is 1. The van der Waals surface area contributed by atoms with Crippen LogP contribution in [0.5, 0.6) is 0 Å². The molecule has 0 saturated carbocycles. The van der Waals surface area contributed by atoms with Gasteiger partial charge in [0, 0.05) is 26.3 Å². The number of amides is 1. The van der Waals surface area contributed by atoms with Crippen LogP contribution < -0.4 is 5.73 Å². The van der Waals surface area contributed by atoms with Crippen molar-refractivity contribution in [3.05, 3.63) is 0 Å². The summed E-state index contributed by atoms with van der Waals surface area (Å²) in [5.41, 5.74) is 4.88. The van der Waals surface area contributed by atoms with E-state index in [1.54, 1.807) is 11.9 Å². The third kappa shape index (κ3) is 3.18. The van der Waals surface area contributed by atoms with Gasteiger partial charge in [-0.15, -0.1) is 0 Å². The van der Waals surface area contributed by atoms with Crippen LogP contribution in [0, 0.1) is 5.41 Å². The van der Waals surface area contributed by atoms with E-state index >= 15 is 0 Å². The van der Waals surface area contributed by atoms with E-state index in [0.717, 1.165) is 12.8 Å². The number of hydrogen-bond acceptors (Lipinski definition) is 4. The first kappa shape index (κ1) is 15.8. The second-order valence-electron chi connectivity index (χ2n) is 5.23. The molecule has 110 valence electrons. The Kier molecular flexibility index (Phi) is 5.60. The van der Waals surface area contributed by atoms with Crippen molar-refractivity contribution in [2.45, 2.75) is 45.6 Å². The fourth-order valence-corrected chi connectivity index (χ4v) is 2.54. The zero-order chi connectivity index (χ0) is 14.5. The largest absolute Gasteiger partial charge is 0.409 e. The van der Waals surface area contributed by atoms with Gasteiger partial charge in [0.05, 0.1) is 0 Å². The van der Waals surface area contributed by atoms with E-state index in [9.17, 15) is 4.79 Å². The Morgan fingerprint density at radius 2 is 2.11 bits per heavy atom. The molecule has 1 atom stereocenters. The van der Waals surface area contributed by atoms with Crippen LogP contribution in [0.2, 0.25) is 0 Å². The van der Waals surface area contributed by atoms with E-state index < -0.39 is 5.41 Å². The van der Waals surface area contributed by atoms with Crippen LogP contribution in [0.4, 0.5) is 0 Å². The number of carbonyl (C=O) groups excluding carboxylic acids is 1. The van der Waals surface area contributed by atoms with Crippen LogP contribution in [0.15, 0.2) is 5.16 Å². The number of hydrogen-bond donors (Lipinski definition) is 2. The zero-order valence-electron chi connectivity index (χ0n) is 12.1. The highest BCUT2D eigenvalue weighted by Crippen LogP contribution is 2.33. The van der Waals surface area contributed by atoms with Gasteiger partial charge in [-0.1, -0.05) is 18.5 Å². The lowest BCUT2D eigenvalue weighted by Crippen LogP contribution is -2.54. The Morgan fingerprint density at radius 3 is 2.58 bits per heavy atom. The Bertz CT molecular complexity index is 338. The number of amidine groups is 1. The van der Waals surface area contributed by atoms with E-state index in [0.29, 0.717) is 26.1 Å². The Morgan fingerprint density at radius 1 is 1.53 bits per heavy atom. The quantitative estimate of drug-likeness (QED) is 0.340. The fraction of sp³-hybridized carbons (Fsp3) is 0.846. The summed E-state index contributed by atoms with van der Waals surface area (Å²) < 4.78 is 5.29. The molecule has 0 radical (unpaired) electrons. The molecule has 0 bridgehead atoms. The van der Waals surface area contributed by atoms with Gasteiger partial charge in [0.1, 0.15) is 5.41 Å². The molecule has 0 aromatic heterocycles. The van der Waals surface area contributed by atoms with Crippen LogP contribution >= 0.6 is 0 Å². The summed E-state index contributed by atoms with van der Waals surface area (Å²) in [4.78, 5) is 14.5. The molecule has 1 heterocycles. The van der Waals surface area contributed by atoms with Crippen molar-refractivity contribution in [2.75, 3.05) is 20.3 Å². The van der Waals surface area contributed by atoms with Crippen molar-refractivity contribution in [1.29, 1.82) is 0 Å². The van der Waals surface area contributed by atoms with E-state index in [1.165, 1.54) is 0 Å². The molecule has 1 aliphatic heterocycles. The molecule has 1 unspecified atom stereocenters. The highest BCUT2D eigenvalue weighted by Gasteiger charge is 2.46. The lowest BCUT2D eigenvalue weighted by atomic mass is 9.77. The average molecular weight is 271 g/mol. The van der Waals surface area contributed by atoms with Gasteiger partial charge in [-0.05, 0) is 26.2 Å². The first-order chi connectivity index (χ1) is 8.99. The van der Waals surface area contributed by atoms with Crippen molar-refractivity contribution in [3.63, 3.8) is 0 Å². The molecule has 1 rings (SSSR count). The summed E-state index contributed by atoms with van der Waals surface area (Å²) in [5, 5.41) is 12.1. The number of carbonyl (C=O) groups is 1. The number of rotatable bonds is 5. The van der Waals surface area contributed by atoms with Crippen molar-refractivity contribution >= 4 is 11.7 Å². The zero-order valence-corrected chi connectivity index (χ0v) is 12.1. The average Bonchev–Trinajstić information content (AvgIpc) is 2.45. The Labute approximate surface area is 114 Å². The molecule has 0 aromatic carbocycles.